The van der Waals surface area contributed by atoms with E-state index in [0.717, 1.165) is 5.56 Å². The number of rotatable bonds is 6. The lowest BCUT2D eigenvalue weighted by Crippen LogP contribution is -2.36. The third-order valence-electron chi connectivity index (χ3n) is 2.57. The number of ether oxygens (including phenoxy) is 1. The van der Waals surface area contributed by atoms with Gasteiger partial charge in [0, 0.05) is 31.5 Å². The van der Waals surface area contributed by atoms with Crippen LogP contribution in [0.4, 0.5) is 5.69 Å². The van der Waals surface area contributed by atoms with Crippen molar-refractivity contribution in [1.29, 1.82) is 0 Å². The maximum atomic E-state index is 12.2. The lowest BCUT2D eigenvalue weighted by molar-refractivity contribution is 0.0656. The molecule has 0 atom stereocenters. The van der Waals surface area contributed by atoms with E-state index in [0.29, 0.717) is 24.4 Å². The first-order valence-electron chi connectivity index (χ1n) is 5.84. The minimum absolute atomic E-state index is 0.0727. The molecule has 0 saturated carbocycles. The number of nitrogens with two attached hydrogens (primary N) is 1. The number of aliphatic hydroxyl groups excluding tert-OH is 1. The zero-order valence-corrected chi connectivity index (χ0v) is 10.8. The molecule has 5 heteroatoms. The van der Waals surface area contributed by atoms with E-state index >= 15 is 0 Å². The highest BCUT2D eigenvalue weighted by molar-refractivity contribution is 5.95. The molecule has 0 bridgehead atoms. The topological polar surface area (TPSA) is 75.8 Å². The Morgan fingerprint density at radius 1 is 1.39 bits per heavy atom. The van der Waals surface area contributed by atoms with Gasteiger partial charge in [0.05, 0.1) is 13.2 Å². The van der Waals surface area contributed by atoms with Crippen LogP contribution in [0.5, 0.6) is 0 Å². The molecule has 0 fully saturated rings. The summed E-state index contributed by atoms with van der Waals surface area (Å²) in [5.41, 5.74) is 7.77. The van der Waals surface area contributed by atoms with Crippen LogP contribution < -0.4 is 5.73 Å². The van der Waals surface area contributed by atoms with Crippen LogP contribution in [0.2, 0.25) is 0 Å². The molecular formula is C13H20N2O3. The predicted octanol–water partition coefficient (Wildman–Crippen LogP) is 0.658. The number of nitrogens with zero attached hydrogens (tertiary/aromatic N) is 1. The number of methoxy groups -OCH3 is 1. The molecule has 5 nitrogen and oxygen atoms in total. The van der Waals surface area contributed by atoms with Crippen molar-refractivity contribution in [3.05, 3.63) is 29.3 Å². The van der Waals surface area contributed by atoms with Crippen molar-refractivity contribution in [2.45, 2.75) is 6.92 Å². The summed E-state index contributed by atoms with van der Waals surface area (Å²) in [7, 11) is 1.58. The number of benzene rings is 1. The number of carbonyl (C=O) groups is 1. The second kappa shape index (κ2) is 6.98. The number of hydrogen-bond donors (Lipinski definition) is 2. The Hall–Kier alpha value is -1.59. The highest BCUT2D eigenvalue weighted by Crippen LogP contribution is 2.13. The van der Waals surface area contributed by atoms with Crippen molar-refractivity contribution >= 4 is 11.6 Å². The van der Waals surface area contributed by atoms with Gasteiger partial charge in [0.25, 0.3) is 5.91 Å². The Morgan fingerprint density at radius 3 is 2.67 bits per heavy atom. The van der Waals surface area contributed by atoms with Crippen LogP contribution in [0.3, 0.4) is 0 Å². The van der Waals surface area contributed by atoms with Crippen LogP contribution >= 0.6 is 0 Å². The molecule has 1 rings (SSSR count). The summed E-state index contributed by atoms with van der Waals surface area (Å²) in [5.74, 6) is -0.142. The summed E-state index contributed by atoms with van der Waals surface area (Å²) in [6.07, 6.45) is 0. The number of aliphatic hydroxyl groups is 1. The van der Waals surface area contributed by atoms with Gasteiger partial charge in [-0.15, -0.1) is 0 Å². The van der Waals surface area contributed by atoms with Crippen molar-refractivity contribution < 1.29 is 14.6 Å². The average Bonchev–Trinajstić information content (AvgIpc) is 2.32. The largest absolute Gasteiger partial charge is 0.399 e. The first-order chi connectivity index (χ1) is 8.58. The molecule has 0 unspecified atom stereocenters. The molecule has 0 aliphatic rings. The van der Waals surface area contributed by atoms with E-state index in [4.69, 9.17) is 15.6 Å². The molecule has 0 aliphatic heterocycles. The van der Waals surface area contributed by atoms with E-state index in [9.17, 15) is 4.79 Å². The van der Waals surface area contributed by atoms with Gasteiger partial charge in [-0.25, -0.2) is 0 Å². The summed E-state index contributed by atoms with van der Waals surface area (Å²) in [6.45, 7) is 2.99. The second-order valence-electron chi connectivity index (χ2n) is 4.14. The van der Waals surface area contributed by atoms with Crippen LogP contribution in [0.15, 0.2) is 18.2 Å². The standard InChI is InChI=1S/C13H20N2O3/c1-10-7-11(9-12(14)8-10)13(17)15(3-5-16)4-6-18-2/h7-9,16H,3-6,14H2,1-2H3. The zero-order chi connectivity index (χ0) is 13.5. The number of aryl methyl sites for hydroxylation is 1. The van der Waals surface area contributed by atoms with Gasteiger partial charge < -0.3 is 20.5 Å². The lowest BCUT2D eigenvalue weighted by Gasteiger charge is -2.21. The van der Waals surface area contributed by atoms with Gasteiger partial charge in [0.2, 0.25) is 0 Å². The van der Waals surface area contributed by atoms with E-state index in [-0.39, 0.29) is 19.1 Å². The molecule has 1 aromatic rings. The number of carbonyl (C=O) groups excluding carboxylic acids is 1. The Balaban J connectivity index is 2.86. The van der Waals surface area contributed by atoms with Crippen LogP contribution in [0, 0.1) is 6.92 Å². The van der Waals surface area contributed by atoms with Gasteiger partial charge in [0.1, 0.15) is 0 Å². The zero-order valence-electron chi connectivity index (χ0n) is 10.8. The van der Waals surface area contributed by atoms with Crippen LogP contribution in [0.25, 0.3) is 0 Å². The Labute approximate surface area is 107 Å². The van der Waals surface area contributed by atoms with Crippen molar-refractivity contribution in [1.82, 2.24) is 4.90 Å². The van der Waals surface area contributed by atoms with Gasteiger partial charge in [-0.3, -0.25) is 4.79 Å². The van der Waals surface area contributed by atoms with Crippen molar-refractivity contribution in [2.75, 3.05) is 39.1 Å². The minimum Gasteiger partial charge on any atom is -0.399 e. The summed E-state index contributed by atoms with van der Waals surface area (Å²) in [6, 6.07) is 5.24. The van der Waals surface area contributed by atoms with Crippen molar-refractivity contribution in [2.24, 2.45) is 0 Å². The Bertz CT molecular complexity index is 387. The fourth-order valence-corrected chi connectivity index (χ4v) is 1.76. The Kier molecular flexibility index (Phi) is 5.61. The SMILES string of the molecule is COCCN(CCO)C(=O)c1cc(C)cc(N)c1. The van der Waals surface area contributed by atoms with Gasteiger partial charge in [-0.05, 0) is 30.7 Å². The Morgan fingerprint density at radius 2 is 2.11 bits per heavy atom. The maximum Gasteiger partial charge on any atom is 0.254 e. The fourth-order valence-electron chi connectivity index (χ4n) is 1.76. The third kappa shape index (κ3) is 4.01. The molecule has 0 spiro atoms. The molecule has 3 N–H and O–H groups in total. The van der Waals surface area contributed by atoms with E-state index in [1.165, 1.54) is 0 Å². The van der Waals surface area contributed by atoms with Gasteiger partial charge in [0.15, 0.2) is 0 Å². The molecule has 0 saturated heterocycles. The molecular weight excluding hydrogens is 232 g/mol. The minimum atomic E-state index is -0.142. The molecule has 100 valence electrons. The third-order valence-corrected chi connectivity index (χ3v) is 2.57. The number of nitrogen functional groups attached to an aromatic ring is 1. The number of amides is 1. The van der Waals surface area contributed by atoms with Crippen LogP contribution in [0.1, 0.15) is 15.9 Å². The summed E-state index contributed by atoms with van der Waals surface area (Å²) in [4.78, 5) is 13.8. The second-order valence-corrected chi connectivity index (χ2v) is 4.14. The average molecular weight is 252 g/mol. The molecule has 0 heterocycles. The normalized spacial score (nSPS) is 10.4. The van der Waals surface area contributed by atoms with Gasteiger partial charge in [-0.1, -0.05) is 0 Å². The molecule has 0 radical (unpaired) electrons. The molecule has 1 amide bonds. The highest BCUT2D eigenvalue weighted by atomic mass is 16.5. The predicted molar refractivity (Wildman–Crippen MR) is 70.5 cm³/mol. The number of hydrogen-bond acceptors (Lipinski definition) is 4. The maximum absolute atomic E-state index is 12.2. The molecule has 0 aromatic heterocycles. The first kappa shape index (κ1) is 14.5. The smallest absolute Gasteiger partial charge is 0.254 e. The first-order valence-corrected chi connectivity index (χ1v) is 5.84. The van der Waals surface area contributed by atoms with Crippen LogP contribution in [-0.4, -0.2) is 49.3 Å². The quantitative estimate of drug-likeness (QED) is 0.729. The number of anilines is 1. The summed E-state index contributed by atoms with van der Waals surface area (Å²) < 4.78 is 4.95. The van der Waals surface area contributed by atoms with E-state index in [2.05, 4.69) is 0 Å². The lowest BCUT2D eigenvalue weighted by atomic mass is 10.1. The van der Waals surface area contributed by atoms with E-state index in [1.807, 2.05) is 13.0 Å². The van der Waals surface area contributed by atoms with Crippen LogP contribution in [-0.2, 0) is 4.74 Å². The van der Waals surface area contributed by atoms with E-state index < -0.39 is 0 Å². The monoisotopic (exact) mass is 252 g/mol. The summed E-state index contributed by atoms with van der Waals surface area (Å²) >= 11 is 0. The highest BCUT2D eigenvalue weighted by Gasteiger charge is 2.15. The van der Waals surface area contributed by atoms with Gasteiger partial charge in [-0.2, -0.15) is 0 Å². The fraction of sp³-hybridized carbons (Fsp3) is 0.462. The molecule has 1 aromatic carbocycles. The van der Waals surface area contributed by atoms with Crippen molar-refractivity contribution in [3.63, 3.8) is 0 Å². The molecule has 0 aliphatic carbocycles. The molecule has 18 heavy (non-hydrogen) atoms. The van der Waals surface area contributed by atoms with E-state index in [1.54, 1.807) is 24.1 Å². The van der Waals surface area contributed by atoms with Crippen molar-refractivity contribution in [3.8, 4) is 0 Å². The van der Waals surface area contributed by atoms with Gasteiger partial charge >= 0.3 is 0 Å². The summed E-state index contributed by atoms with van der Waals surface area (Å²) in [5, 5.41) is 8.98.